The summed E-state index contributed by atoms with van der Waals surface area (Å²) in [5, 5.41) is 4.14. The third-order valence-corrected chi connectivity index (χ3v) is 6.94. The zero-order valence-electron chi connectivity index (χ0n) is 16.5. The van der Waals surface area contributed by atoms with Crippen LogP contribution in [0.5, 0.6) is 0 Å². The van der Waals surface area contributed by atoms with E-state index in [9.17, 15) is 18.0 Å². The van der Waals surface area contributed by atoms with Gasteiger partial charge in [0.25, 0.3) is 10.0 Å². The van der Waals surface area contributed by atoms with Crippen molar-refractivity contribution in [3.05, 3.63) is 66.2 Å². The molecular weight excluding hydrogens is 404 g/mol. The Labute approximate surface area is 174 Å². The molecule has 0 saturated carbocycles. The molecule has 1 N–H and O–H groups in total. The molecule has 1 atom stereocenters. The molecule has 0 unspecified atom stereocenters. The normalized spacial score (nSPS) is 15.1. The van der Waals surface area contributed by atoms with E-state index in [1.54, 1.807) is 62.4 Å². The van der Waals surface area contributed by atoms with Crippen LogP contribution in [0.3, 0.4) is 0 Å². The van der Waals surface area contributed by atoms with Gasteiger partial charge < -0.3 is 10.1 Å². The second-order valence-corrected chi connectivity index (χ2v) is 8.68. The molecule has 0 aromatic heterocycles. The van der Waals surface area contributed by atoms with Gasteiger partial charge >= 0.3 is 5.97 Å². The van der Waals surface area contributed by atoms with E-state index in [1.807, 2.05) is 12.1 Å². The minimum atomic E-state index is -3.85. The highest BCUT2D eigenvalue weighted by atomic mass is 32.2. The third-order valence-electron chi connectivity index (χ3n) is 5.01. The Bertz CT molecular complexity index is 1250. The van der Waals surface area contributed by atoms with Crippen LogP contribution < -0.4 is 9.62 Å². The summed E-state index contributed by atoms with van der Waals surface area (Å²) in [5.74, 6) is -0.926. The van der Waals surface area contributed by atoms with Gasteiger partial charge in [-0.3, -0.25) is 9.10 Å². The fourth-order valence-electron chi connectivity index (χ4n) is 3.60. The third kappa shape index (κ3) is 3.19. The number of benzene rings is 3. The number of amides is 1. The molecule has 30 heavy (non-hydrogen) atoms. The molecule has 3 aromatic rings. The van der Waals surface area contributed by atoms with Gasteiger partial charge in [0, 0.05) is 11.1 Å². The standard InChI is InChI=1S/C22H20N2O5S/c1-3-29-22(26)16-10-12-17(13-11-16)23-21(25)14(2)24-18-8-4-6-15-7-5-9-19(20(15)18)30(24,27)28/h4-14H,3H2,1-2H3,(H,23,25)/t14-/m0/s1. The molecule has 7 nitrogen and oxygen atoms in total. The van der Waals surface area contributed by atoms with Crippen LogP contribution in [0.25, 0.3) is 10.8 Å². The molecule has 0 fully saturated rings. The Morgan fingerprint density at radius 1 is 1.03 bits per heavy atom. The molecule has 0 saturated heterocycles. The highest BCUT2D eigenvalue weighted by Crippen LogP contribution is 2.43. The molecule has 1 heterocycles. The highest BCUT2D eigenvalue weighted by Gasteiger charge is 2.40. The van der Waals surface area contributed by atoms with Crippen LogP contribution in [0.15, 0.2) is 65.6 Å². The van der Waals surface area contributed by atoms with E-state index in [-0.39, 0.29) is 11.5 Å². The maximum absolute atomic E-state index is 13.1. The van der Waals surface area contributed by atoms with Crippen molar-refractivity contribution < 1.29 is 22.7 Å². The maximum atomic E-state index is 13.1. The van der Waals surface area contributed by atoms with Crippen molar-refractivity contribution >= 4 is 44.0 Å². The number of anilines is 2. The van der Waals surface area contributed by atoms with Crippen molar-refractivity contribution in [2.75, 3.05) is 16.2 Å². The lowest BCUT2D eigenvalue weighted by Crippen LogP contribution is -2.43. The van der Waals surface area contributed by atoms with E-state index in [0.29, 0.717) is 22.3 Å². The van der Waals surface area contributed by atoms with Gasteiger partial charge in [-0.05, 0) is 55.6 Å². The lowest BCUT2D eigenvalue weighted by Gasteiger charge is -2.25. The Morgan fingerprint density at radius 3 is 2.37 bits per heavy atom. The molecule has 4 rings (SSSR count). The molecular formula is C22H20N2O5S. The summed E-state index contributed by atoms with van der Waals surface area (Å²) in [4.78, 5) is 24.8. The van der Waals surface area contributed by atoms with Crippen molar-refractivity contribution in [2.45, 2.75) is 24.8 Å². The van der Waals surface area contributed by atoms with Gasteiger partial charge in [0.15, 0.2) is 0 Å². The van der Waals surface area contributed by atoms with E-state index in [0.717, 1.165) is 9.69 Å². The smallest absolute Gasteiger partial charge is 0.338 e. The maximum Gasteiger partial charge on any atom is 0.338 e. The van der Waals surface area contributed by atoms with E-state index < -0.39 is 27.9 Å². The number of nitrogens with one attached hydrogen (secondary N) is 1. The zero-order valence-corrected chi connectivity index (χ0v) is 17.3. The summed E-state index contributed by atoms with van der Waals surface area (Å²) in [6.45, 7) is 3.54. The van der Waals surface area contributed by atoms with Crippen LogP contribution in [-0.4, -0.2) is 32.9 Å². The molecule has 3 aromatic carbocycles. The number of esters is 1. The quantitative estimate of drug-likeness (QED) is 0.633. The predicted molar refractivity (Wildman–Crippen MR) is 114 cm³/mol. The largest absolute Gasteiger partial charge is 0.462 e. The summed E-state index contributed by atoms with van der Waals surface area (Å²) >= 11 is 0. The molecule has 154 valence electrons. The van der Waals surface area contributed by atoms with Gasteiger partial charge in [-0.2, -0.15) is 0 Å². The minimum absolute atomic E-state index is 0.203. The summed E-state index contributed by atoms with van der Waals surface area (Å²) in [6, 6.07) is 15.7. The SMILES string of the molecule is CCOC(=O)c1ccc(NC(=O)[C@H](C)N2c3cccc4cccc(c34)S2(=O)=O)cc1. The van der Waals surface area contributed by atoms with Gasteiger partial charge in [0.2, 0.25) is 5.91 Å². The van der Waals surface area contributed by atoms with Crippen LogP contribution in [0.1, 0.15) is 24.2 Å². The Morgan fingerprint density at radius 2 is 1.70 bits per heavy atom. The van der Waals surface area contributed by atoms with Crippen molar-refractivity contribution in [2.24, 2.45) is 0 Å². The molecule has 0 bridgehead atoms. The van der Waals surface area contributed by atoms with Crippen molar-refractivity contribution in [1.29, 1.82) is 0 Å². The van der Waals surface area contributed by atoms with Crippen LogP contribution >= 0.6 is 0 Å². The summed E-state index contributed by atoms with van der Waals surface area (Å²) in [7, 11) is -3.85. The molecule has 1 amide bonds. The second kappa shape index (κ2) is 7.46. The number of hydrogen-bond donors (Lipinski definition) is 1. The lowest BCUT2D eigenvalue weighted by molar-refractivity contribution is -0.116. The average molecular weight is 424 g/mol. The van der Waals surface area contributed by atoms with Crippen LogP contribution in [0, 0.1) is 0 Å². The summed E-state index contributed by atoms with van der Waals surface area (Å²) in [5.41, 5.74) is 1.31. The number of rotatable bonds is 5. The number of sulfonamides is 1. The number of carbonyl (C=O) groups is 2. The highest BCUT2D eigenvalue weighted by molar-refractivity contribution is 7.93. The number of hydrogen-bond acceptors (Lipinski definition) is 5. The van der Waals surface area contributed by atoms with Gasteiger partial charge in [0.05, 0.1) is 22.8 Å². The van der Waals surface area contributed by atoms with Gasteiger partial charge in [0.1, 0.15) is 6.04 Å². The fraction of sp³-hybridized carbons (Fsp3) is 0.182. The predicted octanol–water partition coefficient (Wildman–Crippen LogP) is 3.55. The first-order chi connectivity index (χ1) is 14.3. The number of carbonyl (C=O) groups excluding carboxylic acids is 2. The minimum Gasteiger partial charge on any atom is -0.462 e. The average Bonchev–Trinajstić information content (AvgIpc) is 2.96. The molecule has 8 heteroatoms. The summed E-state index contributed by atoms with van der Waals surface area (Å²) < 4.78 is 32.4. The first-order valence-electron chi connectivity index (χ1n) is 9.49. The van der Waals surface area contributed by atoms with Crippen LogP contribution in [0.4, 0.5) is 11.4 Å². The molecule has 1 aliphatic rings. The fourth-order valence-corrected chi connectivity index (χ4v) is 5.46. The molecule has 0 spiro atoms. The van der Waals surface area contributed by atoms with E-state index in [2.05, 4.69) is 5.32 Å². The molecule has 0 radical (unpaired) electrons. The van der Waals surface area contributed by atoms with Crippen molar-refractivity contribution in [1.82, 2.24) is 0 Å². The monoisotopic (exact) mass is 424 g/mol. The first kappa shape index (κ1) is 19.9. The Hall–Kier alpha value is -3.39. The van der Waals surface area contributed by atoms with Crippen LogP contribution in [-0.2, 0) is 19.6 Å². The Kier molecular flexibility index (Phi) is 4.95. The second-order valence-electron chi connectivity index (χ2n) is 6.90. The molecule has 0 aliphatic carbocycles. The van der Waals surface area contributed by atoms with Gasteiger partial charge in [-0.1, -0.05) is 24.3 Å². The van der Waals surface area contributed by atoms with E-state index in [4.69, 9.17) is 4.74 Å². The van der Waals surface area contributed by atoms with E-state index in [1.165, 1.54) is 0 Å². The first-order valence-corrected chi connectivity index (χ1v) is 10.9. The number of ether oxygens (including phenoxy) is 1. The number of nitrogens with zero attached hydrogens (tertiary/aromatic N) is 1. The van der Waals surface area contributed by atoms with Crippen molar-refractivity contribution in [3.8, 4) is 0 Å². The lowest BCUT2D eigenvalue weighted by atomic mass is 10.1. The molecule has 1 aliphatic heterocycles. The zero-order chi connectivity index (χ0) is 21.5. The van der Waals surface area contributed by atoms with E-state index >= 15 is 0 Å². The Balaban J connectivity index is 1.59. The van der Waals surface area contributed by atoms with Crippen LogP contribution in [0.2, 0.25) is 0 Å². The van der Waals surface area contributed by atoms with Gasteiger partial charge in [-0.15, -0.1) is 0 Å². The topological polar surface area (TPSA) is 92.8 Å². The summed E-state index contributed by atoms with van der Waals surface area (Å²) in [6.07, 6.45) is 0. The van der Waals surface area contributed by atoms with Gasteiger partial charge in [-0.25, -0.2) is 13.2 Å². The van der Waals surface area contributed by atoms with Crippen molar-refractivity contribution in [3.63, 3.8) is 0 Å².